The highest BCUT2D eigenvalue weighted by molar-refractivity contribution is 5.10. The molecule has 0 spiro atoms. The standard InChI is InChI=1S/C20H34O3/c1-14(2)20-11-8-15(3)6-7-16(21)18(4)10-9-17(22-18)19(5,23-20)12-13-20/h8,14,16-17,21H,6-7,9-13H2,1-5H3. The van der Waals surface area contributed by atoms with Gasteiger partial charge in [0, 0.05) is 0 Å². The lowest BCUT2D eigenvalue weighted by molar-refractivity contribution is -0.198. The van der Waals surface area contributed by atoms with E-state index in [-0.39, 0.29) is 17.3 Å². The average molecular weight is 322 g/mol. The Kier molecular flexibility index (Phi) is 4.44. The van der Waals surface area contributed by atoms with Gasteiger partial charge < -0.3 is 14.6 Å². The first kappa shape index (κ1) is 17.4. The minimum absolute atomic E-state index is 0.0594. The number of ether oxygens (including phenoxy) is 2. The van der Waals surface area contributed by atoms with E-state index in [2.05, 4.69) is 40.7 Å². The summed E-state index contributed by atoms with van der Waals surface area (Å²) in [4.78, 5) is 0. The van der Waals surface area contributed by atoms with E-state index in [1.165, 1.54) is 5.57 Å². The van der Waals surface area contributed by atoms with E-state index in [4.69, 9.17) is 9.47 Å². The Morgan fingerprint density at radius 3 is 2.57 bits per heavy atom. The van der Waals surface area contributed by atoms with Crippen molar-refractivity contribution in [1.82, 2.24) is 0 Å². The van der Waals surface area contributed by atoms with Gasteiger partial charge in [-0.15, -0.1) is 0 Å². The molecule has 23 heavy (non-hydrogen) atoms. The molecule has 3 rings (SSSR count). The molecule has 1 N–H and O–H groups in total. The second kappa shape index (κ2) is 5.86. The summed E-state index contributed by atoms with van der Waals surface area (Å²) in [6, 6.07) is 0. The zero-order valence-corrected chi connectivity index (χ0v) is 15.5. The van der Waals surface area contributed by atoms with E-state index in [0.717, 1.165) is 44.9 Å². The third-order valence-electron chi connectivity index (χ3n) is 6.84. The first-order chi connectivity index (χ1) is 10.7. The zero-order chi connectivity index (χ0) is 16.9. The fourth-order valence-corrected chi connectivity index (χ4v) is 4.69. The lowest BCUT2D eigenvalue weighted by atomic mass is 9.82. The molecule has 4 bridgehead atoms. The lowest BCUT2D eigenvalue weighted by Crippen LogP contribution is -2.47. The van der Waals surface area contributed by atoms with Crippen LogP contribution in [0.2, 0.25) is 0 Å². The van der Waals surface area contributed by atoms with Crippen molar-refractivity contribution in [3.63, 3.8) is 0 Å². The molecule has 2 saturated heterocycles. The van der Waals surface area contributed by atoms with Crippen LogP contribution in [0.1, 0.15) is 79.6 Å². The Bertz CT molecular complexity index is 485. The molecular weight excluding hydrogens is 288 g/mol. The Hall–Kier alpha value is -0.380. The molecule has 0 aromatic rings. The molecular formula is C20H34O3. The van der Waals surface area contributed by atoms with Gasteiger partial charge in [-0.1, -0.05) is 25.5 Å². The van der Waals surface area contributed by atoms with Crippen LogP contribution in [-0.2, 0) is 9.47 Å². The predicted molar refractivity (Wildman–Crippen MR) is 92.4 cm³/mol. The molecule has 0 aliphatic carbocycles. The van der Waals surface area contributed by atoms with Crippen LogP contribution in [0, 0.1) is 5.92 Å². The van der Waals surface area contributed by atoms with Gasteiger partial charge in [-0.3, -0.25) is 0 Å². The molecule has 5 unspecified atom stereocenters. The second-order valence-corrected chi connectivity index (χ2v) is 8.90. The summed E-state index contributed by atoms with van der Waals surface area (Å²) in [5, 5.41) is 10.7. The molecule has 3 heterocycles. The molecule has 0 saturated carbocycles. The van der Waals surface area contributed by atoms with E-state index in [1.807, 2.05) is 0 Å². The smallest absolute Gasteiger partial charge is 0.0924 e. The topological polar surface area (TPSA) is 38.7 Å². The Balaban J connectivity index is 1.94. The van der Waals surface area contributed by atoms with E-state index >= 15 is 0 Å². The van der Waals surface area contributed by atoms with Crippen LogP contribution in [0.3, 0.4) is 0 Å². The zero-order valence-electron chi connectivity index (χ0n) is 15.5. The molecule has 3 aliphatic rings. The maximum Gasteiger partial charge on any atom is 0.0924 e. The maximum absolute atomic E-state index is 10.7. The van der Waals surface area contributed by atoms with Crippen molar-refractivity contribution in [3.8, 4) is 0 Å². The number of aliphatic hydroxyl groups is 1. The highest BCUT2D eigenvalue weighted by Crippen LogP contribution is 2.51. The van der Waals surface area contributed by atoms with E-state index < -0.39 is 11.7 Å². The van der Waals surface area contributed by atoms with Gasteiger partial charge in [-0.05, 0) is 71.6 Å². The van der Waals surface area contributed by atoms with Crippen molar-refractivity contribution >= 4 is 0 Å². The van der Waals surface area contributed by atoms with Crippen LogP contribution >= 0.6 is 0 Å². The van der Waals surface area contributed by atoms with Crippen LogP contribution in [0.4, 0.5) is 0 Å². The van der Waals surface area contributed by atoms with Gasteiger partial charge in [0.2, 0.25) is 0 Å². The van der Waals surface area contributed by atoms with Crippen molar-refractivity contribution in [2.75, 3.05) is 0 Å². The van der Waals surface area contributed by atoms with Crippen LogP contribution < -0.4 is 0 Å². The quantitative estimate of drug-likeness (QED) is 0.728. The van der Waals surface area contributed by atoms with Gasteiger partial charge in [0.05, 0.1) is 29.0 Å². The van der Waals surface area contributed by atoms with Crippen molar-refractivity contribution in [1.29, 1.82) is 0 Å². The van der Waals surface area contributed by atoms with Crippen molar-refractivity contribution < 1.29 is 14.6 Å². The van der Waals surface area contributed by atoms with Crippen molar-refractivity contribution in [3.05, 3.63) is 11.6 Å². The highest BCUT2D eigenvalue weighted by Gasteiger charge is 2.56. The van der Waals surface area contributed by atoms with Crippen LogP contribution in [0.15, 0.2) is 11.6 Å². The monoisotopic (exact) mass is 322 g/mol. The number of hydrogen-bond donors (Lipinski definition) is 1. The van der Waals surface area contributed by atoms with Gasteiger partial charge in [0.15, 0.2) is 0 Å². The van der Waals surface area contributed by atoms with E-state index in [0.29, 0.717) is 5.92 Å². The summed E-state index contributed by atoms with van der Waals surface area (Å²) in [5.41, 5.74) is 0.665. The molecule has 0 aromatic carbocycles. The molecule has 3 nitrogen and oxygen atoms in total. The normalized spacial score (nSPS) is 48.0. The number of allylic oxidation sites excluding steroid dienone is 1. The fourth-order valence-electron chi connectivity index (χ4n) is 4.69. The van der Waals surface area contributed by atoms with Gasteiger partial charge in [-0.25, -0.2) is 0 Å². The summed E-state index contributed by atoms with van der Waals surface area (Å²) >= 11 is 0. The SMILES string of the molecule is CC1=CCC2(C(C)C)CCC(C)(O2)C2CCC(C)(O2)C(O)CC1. The first-order valence-corrected chi connectivity index (χ1v) is 9.41. The van der Waals surface area contributed by atoms with Crippen LogP contribution in [-0.4, -0.2) is 34.1 Å². The minimum Gasteiger partial charge on any atom is -0.390 e. The maximum atomic E-state index is 10.7. The molecule has 2 fully saturated rings. The fraction of sp³-hybridized carbons (Fsp3) is 0.900. The van der Waals surface area contributed by atoms with Gasteiger partial charge in [0.1, 0.15) is 0 Å². The minimum atomic E-state index is -0.417. The number of rotatable bonds is 1. The van der Waals surface area contributed by atoms with Crippen molar-refractivity contribution in [2.24, 2.45) is 5.92 Å². The van der Waals surface area contributed by atoms with Gasteiger partial charge in [-0.2, -0.15) is 0 Å². The number of hydrogen-bond acceptors (Lipinski definition) is 3. The largest absolute Gasteiger partial charge is 0.390 e. The van der Waals surface area contributed by atoms with E-state index in [9.17, 15) is 5.11 Å². The molecule has 3 aliphatic heterocycles. The number of aliphatic hydroxyl groups excluding tert-OH is 1. The second-order valence-electron chi connectivity index (χ2n) is 8.90. The summed E-state index contributed by atoms with van der Waals surface area (Å²) in [6.07, 6.45) is 8.84. The molecule has 0 aromatic heterocycles. The van der Waals surface area contributed by atoms with E-state index in [1.54, 1.807) is 0 Å². The lowest BCUT2D eigenvalue weighted by Gasteiger charge is -2.40. The molecule has 0 amide bonds. The number of fused-ring (bicyclic) bond motifs is 5. The third kappa shape index (κ3) is 3.01. The highest BCUT2D eigenvalue weighted by atomic mass is 16.6. The molecule has 3 heteroatoms. The van der Waals surface area contributed by atoms with Crippen molar-refractivity contribution in [2.45, 2.75) is 109 Å². The molecule has 5 atom stereocenters. The van der Waals surface area contributed by atoms with Crippen LogP contribution in [0.25, 0.3) is 0 Å². The van der Waals surface area contributed by atoms with Gasteiger partial charge >= 0.3 is 0 Å². The third-order valence-corrected chi connectivity index (χ3v) is 6.84. The predicted octanol–water partition coefficient (Wildman–Crippen LogP) is 4.38. The summed E-state index contributed by atoms with van der Waals surface area (Å²) < 4.78 is 13.2. The average Bonchev–Trinajstić information content (AvgIpc) is 3.06. The molecule has 132 valence electrons. The Morgan fingerprint density at radius 1 is 1.13 bits per heavy atom. The summed E-state index contributed by atoms with van der Waals surface area (Å²) in [5.74, 6) is 0.495. The van der Waals surface area contributed by atoms with Gasteiger partial charge in [0.25, 0.3) is 0 Å². The summed E-state index contributed by atoms with van der Waals surface area (Å²) in [6.45, 7) is 11.0. The summed E-state index contributed by atoms with van der Waals surface area (Å²) in [7, 11) is 0. The van der Waals surface area contributed by atoms with Crippen LogP contribution in [0.5, 0.6) is 0 Å². The first-order valence-electron chi connectivity index (χ1n) is 9.41. The molecule has 0 radical (unpaired) electrons. The Labute approximate surface area is 141 Å². The Morgan fingerprint density at radius 2 is 1.87 bits per heavy atom.